The monoisotopic (exact) mass is 574 g/mol. The molecule has 1 N–H and O–H groups in total. The van der Waals surface area contributed by atoms with Gasteiger partial charge in [-0.1, -0.05) is 12.1 Å². The van der Waals surface area contributed by atoms with Crippen molar-refractivity contribution in [2.45, 2.75) is 57.3 Å². The summed E-state index contributed by atoms with van der Waals surface area (Å²) in [6, 6.07) is 8.47. The molecule has 0 saturated carbocycles. The van der Waals surface area contributed by atoms with Crippen LogP contribution in [0.4, 0.5) is 0 Å². The molecule has 8 heteroatoms. The highest BCUT2D eigenvalue weighted by Gasteiger charge is 2.24. The highest BCUT2D eigenvalue weighted by molar-refractivity contribution is 14.0. The molecule has 0 radical (unpaired) electrons. The maximum Gasteiger partial charge on any atom is 0.193 e. The van der Waals surface area contributed by atoms with Crippen LogP contribution in [0.5, 0.6) is 5.75 Å². The van der Waals surface area contributed by atoms with E-state index < -0.39 is 0 Å². The molecule has 0 aromatic heterocycles. The lowest BCUT2D eigenvalue weighted by molar-refractivity contribution is -0.0721. The van der Waals surface area contributed by atoms with Crippen LogP contribution in [-0.4, -0.2) is 88.6 Å². The molecule has 0 bridgehead atoms. The lowest BCUT2D eigenvalue weighted by atomic mass is 10.1. The molecular weight excluding hydrogens is 531 g/mol. The Bertz CT molecular complexity index is 705. The molecule has 33 heavy (non-hydrogen) atoms. The quantitative estimate of drug-likeness (QED) is 0.274. The first-order valence-electron chi connectivity index (χ1n) is 12.2. The Morgan fingerprint density at radius 1 is 1.24 bits per heavy atom. The number of nitrogens with zero attached hydrogens (tertiary/aromatic N) is 3. The van der Waals surface area contributed by atoms with Gasteiger partial charge >= 0.3 is 0 Å². The van der Waals surface area contributed by atoms with Gasteiger partial charge in [0.15, 0.2) is 5.96 Å². The number of ether oxygens (including phenoxy) is 3. The van der Waals surface area contributed by atoms with E-state index in [9.17, 15) is 0 Å². The van der Waals surface area contributed by atoms with Crippen molar-refractivity contribution < 1.29 is 14.2 Å². The van der Waals surface area contributed by atoms with Crippen molar-refractivity contribution in [3.8, 4) is 5.75 Å². The third-order valence-corrected chi connectivity index (χ3v) is 6.38. The largest absolute Gasteiger partial charge is 0.497 e. The molecule has 0 spiro atoms. The zero-order valence-corrected chi connectivity index (χ0v) is 23.1. The molecule has 2 fully saturated rings. The maximum absolute atomic E-state index is 6.19. The summed E-state index contributed by atoms with van der Waals surface area (Å²) in [6.07, 6.45) is 6.27. The van der Waals surface area contributed by atoms with Crippen molar-refractivity contribution in [2.75, 3.05) is 60.6 Å². The van der Waals surface area contributed by atoms with Crippen LogP contribution in [0.1, 0.15) is 50.6 Å². The molecule has 2 atom stereocenters. The fraction of sp³-hybridized carbons (Fsp3) is 0.720. The number of piperidine rings is 1. The average molecular weight is 575 g/mol. The third-order valence-electron chi connectivity index (χ3n) is 6.38. The van der Waals surface area contributed by atoms with Crippen LogP contribution in [0.2, 0.25) is 0 Å². The number of guanidine groups is 1. The number of benzene rings is 1. The van der Waals surface area contributed by atoms with Gasteiger partial charge in [-0.3, -0.25) is 4.99 Å². The SMILES string of the molecule is CCNC(=NCC(c1cccc(OC)c1)N(C)C)N1CCC(OCC2CCCCO2)CC1.I. The first-order chi connectivity index (χ1) is 15.6. The van der Waals surface area contributed by atoms with Crippen LogP contribution in [-0.2, 0) is 9.47 Å². The fourth-order valence-corrected chi connectivity index (χ4v) is 4.43. The average Bonchev–Trinajstić information content (AvgIpc) is 2.83. The zero-order valence-electron chi connectivity index (χ0n) is 20.8. The third kappa shape index (κ3) is 8.88. The van der Waals surface area contributed by atoms with E-state index in [4.69, 9.17) is 19.2 Å². The molecule has 2 heterocycles. The Kier molecular flexibility index (Phi) is 12.8. The van der Waals surface area contributed by atoms with Crippen LogP contribution in [0.25, 0.3) is 0 Å². The van der Waals surface area contributed by atoms with Crippen molar-refractivity contribution in [1.82, 2.24) is 15.1 Å². The van der Waals surface area contributed by atoms with Gasteiger partial charge in [-0.25, -0.2) is 0 Å². The van der Waals surface area contributed by atoms with Gasteiger partial charge in [0, 0.05) is 26.2 Å². The number of nitrogens with one attached hydrogen (secondary N) is 1. The molecule has 188 valence electrons. The summed E-state index contributed by atoms with van der Waals surface area (Å²) in [6.45, 7) is 7.24. The lowest BCUT2D eigenvalue weighted by Gasteiger charge is -2.35. The van der Waals surface area contributed by atoms with E-state index in [0.29, 0.717) is 18.8 Å². The van der Waals surface area contributed by atoms with Crippen molar-refractivity contribution in [3.63, 3.8) is 0 Å². The molecule has 2 saturated heterocycles. The minimum atomic E-state index is 0. The second kappa shape index (κ2) is 15.0. The zero-order chi connectivity index (χ0) is 22.8. The van der Waals surface area contributed by atoms with Gasteiger partial charge in [0.1, 0.15) is 5.75 Å². The smallest absolute Gasteiger partial charge is 0.193 e. The standard InChI is InChI=1S/C25H42N4O3.HI/c1-5-26-25(27-18-24(28(2)3)20-9-8-11-22(17-20)30-4)29-14-12-21(13-15-29)32-19-23-10-6-7-16-31-23;/h8-9,11,17,21,23-24H,5-7,10,12-16,18-19H2,1-4H3,(H,26,27);1H. The Morgan fingerprint density at radius 2 is 2.03 bits per heavy atom. The molecule has 7 nitrogen and oxygen atoms in total. The number of halogens is 1. The van der Waals surface area contributed by atoms with E-state index in [1.165, 1.54) is 18.4 Å². The highest BCUT2D eigenvalue weighted by atomic mass is 127. The number of hydrogen-bond donors (Lipinski definition) is 1. The van der Waals surface area contributed by atoms with E-state index in [2.05, 4.69) is 48.3 Å². The van der Waals surface area contributed by atoms with Crippen LogP contribution in [0, 0.1) is 0 Å². The highest BCUT2D eigenvalue weighted by Crippen LogP contribution is 2.23. The summed E-state index contributed by atoms with van der Waals surface area (Å²) in [5.41, 5.74) is 1.21. The first kappa shape index (κ1) is 28.1. The Hall–Kier alpha value is -1.10. The summed E-state index contributed by atoms with van der Waals surface area (Å²) in [5.74, 6) is 1.88. The van der Waals surface area contributed by atoms with Gasteiger partial charge in [-0.15, -0.1) is 24.0 Å². The van der Waals surface area contributed by atoms with Crippen molar-refractivity contribution in [1.29, 1.82) is 0 Å². The molecule has 3 rings (SSSR count). The lowest BCUT2D eigenvalue weighted by Crippen LogP contribution is -2.47. The number of hydrogen-bond acceptors (Lipinski definition) is 5. The second-order valence-corrected chi connectivity index (χ2v) is 8.96. The van der Waals surface area contributed by atoms with Gasteiger partial charge < -0.3 is 29.3 Å². The molecule has 0 amide bonds. The number of likely N-dealkylation sites (tertiary alicyclic amines) is 1. The molecule has 0 aliphatic carbocycles. The van der Waals surface area contributed by atoms with Crippen molar-refractivity contribution in [2.24, 2.45) is 4.99 Å². The van der Waals surface area contributed by atoms with E-state index in [1.807, 2.05) is 12.1 Å². The number of aliphatic imine (C=N–C) groups is 1. The van der Waals surface area contributed by atoms with E-state index in [1.54, 1.807) is 7.11 Å². The number of methoxy groups -OCH3 is 1. The molecule has 1 aromatic carbocycles. The summed E-state index contributed by atoms with van der Waals surface area (Å²) in [4.78, 5) is 9.61. The molecule has 2 aliphatic rings. The minimum Gasteiger partial charge on any atom is -0.497 e. The van der Waals surface area contributed by atoms with Crippen molar-refractivity contribution >= 4 is 29.9 Å². The predicted octanol–water partition coefficient (Wildman–Crippen LogP) is 3.93. The Morgan fingerprint density at radius 3 is 2.67 bits per heavy atom. The topological polar surface area (TPSA) is 58.6 Å². The Balaban J connectivity index is 0.00000385. The summed E-state index contributed by atoms with van der Waals surface area (Å²) in [7, 11) is 5.91. The minimum absolute atomic E-state index is 0. The van der Waals surface area contributed by atoms with Gasteiger partial charge in [0.05, 0.1) is 38.5 Å². The number of likely N-dealkylation sites (N-methyl/N-ethyl adjacent to an activating group) is 1. The summed E-state index contributed by atoms with van der Waals surface area (Å²) in [5, 5.41) is 3.49. The number of rotatable bonds is 9. The van der Waals surface area contributed by atoms with Gasteiger partial charge in [-0.05, 0) is 70.8 Å². The summed E-state index contributed by atoms with van der Waals surface area (Å²) >= 11 is 0. The van der Waals surface area contributed by atoms with E-state index in [-0.39, 0.29) is 30.0 Å². The first-order valence-corrected chi connectivity index (χ1v) is 12.2. The normalized spacial score (nSPS) is 20.9. The van der Waals surface area contributed by atoms with E-state index in [0.717, 1.165) is 63.8 Å². The second-order valence-electron chi connectivity index (χ2n) is 8.96. The fourth-order valence-electron chi connectivity index (χ4n) is 4.43. The molecule has 2 unspecified atom stereocenters. The van der Waals surface area contributed by atoms with Gasteiger partial charge in [0.25, 0.3) is 0 Å². The van der Waals surface area contributed by atoms with Crippen LogP contribution >= 0.6 is 24.0 Å². The maximum atomic E-state index is 6.19. The predicted molar refractivity (Wildman–Crippen MR) is 145 cm³/mol. The van der Waals surface area contributed by atoms with Gasteiger partial charge in [0.2, 0.25) is 0 Å². The van der Waals surface area contributed by atoms with Crippen molar-refractivity contribution in [3.05, 3.63) is 29.8 Å². The summed E-state index contributed by atoms with van der Waals surface area (Å²) < 4.78 is 17.4. The molecular formula is C25H43IN4O3. The van der Waals surface area contributed by atoms with Gasteiger partial charge in [-0.2, -0.15) is 0 Å². The Labute approximate surface area is 217 Å². The van der Waals surface area contributed by atoms with E-state index >= 15 is 0 Å². The van der Waals surface area contributed by atoms with Crippen LogP contribution < -0.4 is 10.1 Å². The van der Waals surface area contributed by atoms with Crippen LogP contribution in [0.15, 0.2) is 29.3 Å². The molecule has 1 aromatic rings. The molecule has 2 aliphatic heterocycles. The van der Waals surface area contributed by atoms with Crippen LogP contribution in [0.3, 0.4) is 0 Å².